The zero-order valence-electron chi connectivity index (χ0n) is 16.6. The third-order valence-corrected chi connectivity index (χ3v) is 6.59. The van der Waals surface area contributed by atoms with Gasteiger partial charge in [-0.15, -0.1) is 10.2 Å². The number of carbonyl (C=O) groups excluding carboxylic acids is 2. The maximum absolute atomic E-state index is 12.4. The summed E-state index contributed by atoms with van der Waals surface area (Å²) in [5, 5.41) is 15.4. The van der Waals surface area contributed by atoms with E-state index < -0.39 is 0 Å². The molecule has 31 heavy (non-hydrogen) atoms. The first-order chi connectivity index (χ1) is 14.8. The fourth-order valence-corrected chi connectivity index (χ4v) is 3.87. The van der Waals surface area contributed by atoms with Crippen LogP contribution < -0.4 is 10.6 Å². The molecule has 162 valence electrons. The molecule has 0 saturated heterocycles. The van der Waals surface area contributed by atoms with Gasteiger partial charge in [-0.25, -0.2) is 0 Å². The van der Waals surface area contributed by atoms with Crippen LogP contribution in [0, 0.1) is 6.92 Å². The number of hydrogen-bond acceptors (Lipinski definition) is 5. The lowest BCUT2D eigenvalue weighted by molar-refractivity contribution is -0.116. The molecule has 0 bridgehead atoms. The smallest absolute Gasteiger partial charge is 0.234 e. The van der Waals surface area contributed by atoms with Crippen LogP contribution in [0.5, 0.6) is 0 Å². The van der Waals surface area contributed by atoms with E-state index in [1.807, 2.05) is 6.92 Å². The molecule has 11 heteroatoms. The molecular weight excluding hydrogens is 481 g/mol. The average molecular weight is 499 g/mol. The van der Waals surface area contributed by atoms with Crippen molar-refractivity contribution in [1.29, 1.82) is 0 Å². The largest absolute Gasteiger partial charge is 0.325 e. The van der Waals surface area contributed by atoms with E-state index in [1.54, 1.807) is 48.0 Å². The second-order valence-corrected chi connectivity index (χ2v) is 8.67. The molecule has 0 atom stereocenters. The Bertz CT molecular complexity index is 1140. The Morgan fingerprint density at radius 2 is 1.61 bits per heavy atom. The van der Waals surface area contributed by atoms with Crippen molar-refractivity contribution in [3.05, 3.63) is 62.9 Å². The van der Waals surface area contributed by atoms with E-state index in [4.69, 9.17) is 34.8 Å². The number of benzene rings is 2. The number of halogens is 3. The van der Waals surface area contributed by atoms with Gasteiger partial charge in [0, 0.05) is 17.8 Å². The number of nitrogens with zero attached hydrogens (tertiary/aromatic N) is 3. The van der Waals surface area contributed by atoms with Gasteiger partial charge in [0.2, 0.25) is 11.8 Å². The van der Waals surface area contributed by atoms with Crippen LogP contribution in [0.3, 0.4) is 0 Å². The fourth-order valence-electron chi connectivity index (χ4n) is 2.62. The highest BCUT2D eigenvalue weighted by molar-refractivity contribution is 7.99. The van der Waals surface area contributed by atoms with E-state index in [-0.39, 0.29) is 29.0 Å². The van der Waals surface area contributed by atoms with Crippen molar-refractivity contribution in [2.24, 2.45) is 7.05 Å². The van der Waals surface area contributed by atoms with Crippen molar-refractivity contribution in [1.82, 2.24) is 14.8 Å². The van der Waals surface area contributed by atoms with Crippen molar-refractivity contribution >= 4 is 69.8 Å². The number of anilines is 2. The second-order valence-electron chi connectivity index (χ2n) is 6.53. The Hall–Kier alpha value is -2.26. The quantitative estimate of drug-likeness (QED) is 0.448. The summed E-state index contributed by atoms with van der Waals surface area (Å²) in [5.41, 5.74) is 1.88. The SMILES string of the molecule is Cc1c(Cl)cccc1NC(=O)CSc1nnc(CC(=O)Nc2cccc(Cl)c2Cl)n1C. The molecule has 0 fully saturated rings. The third-order valence-electron chi connectivity index (χ3n) is 4.34. The predicted octanol–water partition coefficient (Wildman–Crippen LogP) is 5.00. The van der Waals surface area contributed by atoms with E-state index in [1.165, 1.54) is 11.8 Å². The van der Waals surface area contributed by atoms with Crippen LogP contribution in [0.1, 0.15) is 11.4 Å². The molecule has 2 N–H and O–H groups in total. The lowest BCUT2D eigenvalue weighted by Gasteiger charge is -2.09. The topological polar surface area (TPSA) is 88.9 Å². The molecule has 1 heterocycles. The molecule has 2 amide bonds. The molecular formula is C20H18Cl3N5O2S. The predicted molar refractivity (Wildman–Crippen MR) is 125 cm³/mol. The molecule has 7 nitrogen and oxygen atoms in total. The summed E-state index contributed by atoms with van der Waals surface area (Å²) < 4.78 is 1.67. The van der Waals surface area contributed by atoms with Gasteiger partial charge in [-0.2, -0.15) is 0 Å². The van der Waals surface area contributed by atoms with Gasteiger partial charge in [0.25, 0.3) is 0 Å². The summed E-state index contributed by atoms with van der Waals surface area (Å²) in [4.78, 5) is 24.6. The first-order valence-electron chi connectivity index (χ1n) is 9.06. The summed E-state index contributed by atoms with van der Waals surface area (Å²) in [6, 6.07) is 10.3. The van der Waals surface area contributed by atoms with E-state index >= 15 is 0 Å². The van der Waals surface area contributed by atoms with Gasteiger partial charge in [0.15, 0.2) is 5.16 Å². The van der Waals surface area contributed by atoms with Crippen LogP contribution in [0.25, 0.3) is 0 Å². The summed E-state index contributed by atoms with van der Waals surface area (Å²) in [6.45, 7) is 1.83. The van der Waals surface area contributed by atoms with Gasteiger partial charge in [-0.3, -0.25) is 9.59 Å². The number of carbonyl (C=O) groups is 2. The number of hydrogen-bond donors (Lipinski definition) is 2. The second kappa shape index (κ2) is 10.4. The average Bonchev–Trinajstić information content (AvgIpc) is 3.07. The maximum atomic E-state index is 12.4. The van der Waals surface area contributed by atoms with E-state index in [0.29, 0.717) is 32.4 Å². The number of aromatic nitrogens is 3. The van der Waals surface area contributed by atoms with Gasteiger partial charge < -0.3 is 15.2 Å². The van der Waals surface area contributed by atoms with Crippen molar-refractivity contribution in [2.45, 2.75) is 18.5 Å². The highest BCUT2D eigenvalue weighted by Crippen LogP contribution is 2.29. The summed E-state index contributed by atoms with van der Waals surface area (Å²) >= 11 is 19.3. The maximum Gasteiger partial charge on any atom is 0.234 e. The standard InChI is InChI=1S/C20H18Cl3N5O2S/c1-11-12(21)5-3-7-14(11)24-18(30)10-31-20-27-26-16(28(20)2)9-17(29)25-15-8-4-6-13(22)19(15)23/h3-8H,9-10H2,1-2H3,(H,24,30)(H,25,29). The Morgan fingerprint density at radius 1 is 0.968 bits per heavy atom. The van der Waals surface area contributed by atoms with Gasteiger partial charge >= 0.3 is 0 Å². The molecule has 0 unspecified atom stereocenters. The number of amides is 2. The minimum Gasteiger partial charge on any atom is -0.325 e. The Kier molecular flexibility index (Phi) is 7.83. The highest BCUT2D eigenvalue weighted by atomic mass is 35.5. The fraction of sp³-hybridized carbons (Fsp3) is 0.200. The van der Waals surface area contributed by atoms with E-state index in [2.05, 4.69) is 20.8 Å². The van der Waals surface area contributed by atoms with Gasteiger partial charge in [0.1, 0.15) is 5.82 Å². The van der Waals surface area contributed by atoms with Crippen molar-refractivity contribution in [2.75, 3.05) is 16.4 Å². The lowest BCUT2D eigenvalue weighted by Crippen LogP contribution is -2.17. The Balaban J connectivity index is 1.57. The first kappa shape index (κ1) is 23.4. The summed E-state index contributed by atoms with van der Waals surface area (Å²) in [7, 11) is 1.73. The molecule has 0 spiro atoms. The molecule has 0 aliphatic rings. The summed E-state index contributed by atoms with van der Waals surface area (Å²) in [6.07, 6.45) is -0.0131. The van der Waals surface area contributed by atoms with Crippen LogP contribution in [0.15, 0.2) is 41.6 Å². The zero-order chi connectivity index (χ0) is 22.5. The molecule has 0 radical (unpaired) electrons. The minimum absolute atomic E-state index is 0.0131. The van der Waals surface area contributed by atoms with Gasteiger partial charge in [-0.1, -0.05) is 58.7 Å². The van der Waals surface area contributed by atoms with Crippen molar-refractivity contribution in [3.63, 3.8) is 0 Å². The zero-order valence-corrected chi connectivity index (χ0v) is 19.7. The Labute approximate surface area is 198 Å². The van der Waals surface area contributed by atoms with E-state index in [9.17, 15) is 9.59 Å². The molecule has 3 rings (SSSR count). The lowest BCUT2D eigenvalue weighted by atomic mass is 10.2. The molecule has 2 aromatic carbocycles. The van der Waals surface area contributed by atoms with Crippen LogP contribution in [-0.2, 0) is 23.1 Å². The van der Waals surface area contributed by atoms with Crippen LogP contribution in [-0.4, -0.2) is 32.3 Å². The third kappa shape index (κ3) is 5.92. The number of rotatable bonds is 7. The van der Waals surface area contributed by atoms with E-state index in [0.717, 1.165) is 5.56 Å². The first-order valence-corrected chi connectivity index (χ1v) is 11.2. The van der Waals surface area contributed by atoms with Crippen LogP contribution in [0.2, 0.25) is 15.1 Å². The molecule has 0 saturated carbocycles. The summed E-state index contributed by atoms with van der Waals surface area (Å²) in [5.74, 6) is 0.0605. The number of thioether (sulfide) groups is 1. The van der Waals surface area contributed by atoms with Gasteiger partial charge in [0.05, 0.1) is 27.9 Å². The molecule has 0 aliphatic carbocycles. The molecule has 0 aliphatic heterocycles. The van der Waals surface area contributed by atoms with Gasteiger partial charge in [-0.05, 0) is 36.8 Å². The molecule has 3 aromatic rings. The minimum atomic E-state index is -0.314. The number of nitrogens with one attached hydrogen (secondary N) is 2. The highest BCUT2D eigenvalue weighted by Gasteiger charge is 2.16. The molecule has 1 aromatic heterocycles. The monoisotopic (exact) mass is 497 g/mol. The van der Waals surface area contributed by atoms with Crippen molar-refractivity contribution in [3.8, 4) is 0 Å². The van der Waals surface area contributed by atoms with Crippen LogP contribution >= 0.6 is 46.6 Å². The van der Waals surface area contributed by atoms with Crippen LogP contribution in [0.4, 0.5) is 11.4 Å². The Morgan fingerprint density at radius 3 is 2.35 bits per heavy atom. The normalized spacial score (nSPS) is 10.7. The van der Waals surface area contributed by atoms with Crippen molar-refractivity contribution < 1.29 is 9.59 Å².